The van der Waals surface area contributed by atoms with Gasteiger partial charge in [-0.15, -0.1) is 5.10 Å². The van der Waals surface area contributed by atoms with Gasteiger partial charge in [0.1, 0.15) is 5.69 Å². The molecule has 0 unspecified atom stereocenters. The number of aromatic nitrogens is 3. The number of likely N-dealkylation sites (tertiary alicyclic amines) is 1. The molecular formula is C18H21F3N4O. The molecule has 0 aliphatic carbocycles. The lowest BCUT2D eigenvalue weighted by atomic mass is 9.97. The summed E-state index contributed by atoms with van der Waals surface area (Å²) >= 11 is 0. The van der Waals surface area contributed by atoms with Gasteiger partial charge in [-0.25, -0.2) is 0 Å². The SMILES string of the molecule is O=C(CCC(F)(F)F)N1CCC[C@H](Cn2cc(-c3ccccc3)nn2)C1. The molecule has 2 heterocycles. The van der Waals surface area contributed by atoms with Gasteiger partial charge in [0.25, 0.3) is 0 Å². The number of benzene rings is 1. The van der Waals surface area contributed by atoms with Crippen molar-refractivity contribution in [2.45, 2.75) is 38.4 Å². The second kappa shape index (κ2) is 7.88. The summed E-state index contributed by atoms with van der Waals surface area (Å²) in [5, 5.41) is 8.31. The van der Waals surface area contributed by atoms with Crippen LogP contribution in [-0.2, 0) is 11.3 Å². The van der Waals surface area contributed by atoms with Gasteiger partial charge in [0, 0.05) is 31.6 Å². The lowest BCUT2D eigenvalue weighted by Crippen LogP contribution is -2.41. The molecule has 8 heteroatoms. The Bertz CT molecular complexity index is 730. The molecule has 1 aliphatic rings. The maximum absolute atomic E-state index is 12.3. The Kier molecular flexibility index (Phi) is 5.58. The van der Waals surface area contributed by atoms with Crippen LogP contribution in [-0.4, -0.2) is 45.1 Å². The molecule has 1 aromatic heterocycles. The molecule has 1 aliphatic heterocycles. The number of piperidine rings is 1. The van der Waals surface area contributed by atoms with Crippen molar-refractivity contribution < 1.29 is 18.0 Å². The Morgan fingerprint density at radius 1 is 1.23 bits per heavy atom. The zero-order valence-electron chi connectivity index (χ0n) is 14.3. The number of amides is 1. The number of halogens is 3. The maximum Gasteiger partial charge on any atom is 0.389 e. The first-order chi connectivity index (χ1) is 12.4. The van der Waals surface area contributed by atoms with Crippen molar-refractivity contribution >= 4 is 5.91 Å². The average Bonchev–Trinajstić information content (AvgIpc) is 3.08. The normalized spacial score (nSPS) is 18.1. The third-order valence-electron chi connectivity index (χ3n) is 4.55. The highest BCUT2D eigenvalue weighted by atomic mass is 19.4. The van der Waals surface area contributed by atoms with Crippen molar-refractivity contribution in [3.05, 3.63) is 36.5 Å². The van der Waals surface area contributed by atoms with E-state index in [1.807, 2.05) is 36.5 Å². The van der Waals surface area contributed by atoms with Gasteiger partial charge in [-0.3, -0.25) is 9.48 Å². The van der Waals surface area contributed by atoms with Gasteiger partial charge in [-0.1, -0.05) is 35.5 Å². The summed E-state index contributed by atoms with van der Waals surface area (Å²) in [5.74, 6) is -0.250. The van der Waals surface area contributed by atoms with E-state index < -0.39 is 24.9 Å². The highest BCUT2D eigenvalue weighted by Crippen LogP contribution is 2.24. The molecule has 3 rings (SSSR count). The molecule has 0 N–H and O–H groups in total. The van der Waals surface area contributed by atoms with E-state index in [2.05, 4.69) is 10.3 Å². The summed E-state index contributed by atoms with van der Waals surface area (Å²) in [6, 6.07) is 9.70. The molecule has 1 amide bonds. The second-order valence-electron chi connectivity index (χ2n) is 6.66. The van der Waals surface area contributed by atoms with Gasteiger partial charge >= 0.3 is 6.18 Å². The minimum atomic E-state index is -4.29. The van der Waals surface area contributed by atoms with Crippen LogP contribution in [0.4, 0.5) is 13.2 Å². The fourth-order valence-corrected chi connectivity index (χ4v) is 3.24. The number of carbonyl (C=O) groups excluding carboxylic acids is 1. The highest BCUT2D eigenvalue weighted by Gasteiger charge is 2.30. The van der Waals surface area contributed by atoms with Crippen molar-refractivity contribution in [3.63, 3.8) is 0 Å². The van der Waals surface area contributed by atoms with Crippen molar-refractivity contribution in [3.8, 4) is 11.3 Å². The lowest BCUT2D eigenvalue weighted by molar-refractivity contribution is -0.150. The van der Waals surface area contributed by atoms with Crippen LogP contribution in [0.5, 0.6) is 0 Å². The predicted octanol–water partition coefficient (Wildman–Crippen LogP) is 3.53. The van der Waals surface area contributed by atoms with Gasteiger partial charge < -0.3 is 4.90 Å². The van der Waals surface area contributed by atoms with Gasteiger partial charge in [-0.2, -0.15) is 13.2 Å². The van der Waals surface area contributed by atoms with Crippen LogP contribution in [0.25, 0.3) is 11.3 Å². The molecule has 2 aromatic rings. The maximum atomic E-state index is 12.3. The smallest absolute Gasteiger partial charge is 0.342 e. The number of hydrogen-bond acceptors (Lipinski definition) is 3. The Labute approximate surface area is 149 Å². The molecule has 1 aromatic carbocycles. The Morgan fingerprint density at radius 2 is 2.00 bits per heavy atom. The largest absolute Gasteiger partial charge is 0.389 e. The van der Waals surface area contributed by atoms with Crippen LogP contribution in [0.2, 0.25) is 0 Å². The van der Waals surface area contributed by atoms with Crippen LogP contribution in [0.15, 0.2) is 36.5 Å². The van der Waals surface area contributed by atoms with E-state index in [0.29, 0.717) is 19.6 Å². The molecule has 0 spiro atoms. The van der Waals surface area contributed by atoms with E-state index in [9.17, 15) is 18.0 Å². The quantitative estimate of drug-likeness (QED) is 0.814. The standard InChI is InChI=1S/C18H21F3N4O/c19-18(20,21)9-8-17(26)24-10-4-5-14(11-24)12-25-13-16(22-23-25)15-6-2-1-3-7-15/h1-3,6-7,13-14H,4-5,8-12H2/t14-/m0/s1. The minimum Gasteiger partial charge on any atom is -0.342 e. The Hall–Kier alpha value is -2.38. The van der Waals surface area contributed by atoms with E-state index in [0.717, 1.165) is 24.1 Å². The Balaban J connectivity index is 1.55. The molecule has 1 atom stereocenters. The number of nitrogens with zero attached hydrogens (tertiary/aromatic N) is 4. The second-order valence-corrected chi connectivity index (χ2v) is 6.66. The fraction of sp³-hybridized carbons (Fsp3) is 0.500. The van der Waals surface area contributed by atoms with Crippen LogP contribution in [0.3, 0.4) is 0 Å². The highest BCUT2D eigenvalue weighted by molar-refractivity contribution is 5.76. The van der Waals surface area contributed by atoms with Gasteiger partial charge in [0.15, 0.2) is 0 Å². The van der Waals surface area contributed by atoms with E-state index in [1.165, 1.54) is 0 Å². The monoisotopic (exact) mass is 366 g/mol. The number of alkyl halides is 3. The van der Waals surface area contributed by atoms with Crippen molar-refractivity contribution in [1.29, 1.82) is 0 Å². The number of hydrogen-bond donors (Lipinski definition) is 0. The minimum absolute atomic E-state index is 0.170. The summed E-state index contributed by atoms with van der Waals surface area (Å²) in [6.45, 7) is 1.60. The van der Waals surface area contributed by atoms with Crippen molar-refractivity contribution in [2.75, 3.05) is 13.1 Å². The number of carbonyl (C=O) groups is 1. The molecule has 1 fully saturated rings. The third-order valence-corrected chi connectivity index (χ3v) is 4.55. The van der Waals surface area contributed by atoms with Gasteiger partial charge in [-0.05, 0) is 18.8 Å². The lowest BCUT2D eigenvalue weighted by Gasteiger charge is -2.32. The van der Waals surface area contributed by atoms with Crippen LogP contribution < -0.4 is 0 Å². The molecule has 140 valence electrons. The predicted molar refractivity (Wildman–Crippen MR) is 90.1 cm³/mol. The van der Waals surface area contributed by atoms with Gasteiger partial charge in [0.05, 0.1) is 12.6 Å². The first kappa shape index (κ1) is 18.4. The van der Waals surface area contributed by atoms with Gasteiger partial charge in [0.2, 0.25) is 5.91 Å². The van der Waals surface area contributed by atoms with E-state index in [-0.39, 0.29) is 5.92 Å². The molecular weight excluding hydrogens is 345 g/mol. The van der Waals surface area contributed by atoms with E-state index in [1.54, 1.807) is 9.58 Å². The topological polar surface area (TPSA) is 51.0 Å². The average molecular weight is 366 g/mol. The zero-order chi connectivity index (χ0) is 18.6. The fourth-order valence-electron chi connectivity index (χ4n) is 3.24. The number of rotatable bonds is 5. The summed E-state index contributed by atoms with van der Waals surface area (Å²) in [7, 11) is 0. The Morgan fingerprint density at radius 3 is 2.73 bits per heavy atom. The molecule has 0 saturated carbocycles. The van der Waals surface area contributed by atoms with Crippen LogP contribution in [0.1, 0.15) is 25.7 Å². The first-order valence-corrected chi connectivity index (χ1v) is 8.71. The zero-order valence-corrected chi connectivity index (χ0v) is 14.3. The summed E-state index contributed by atoms with van der Waals surface area (Å²) < 4.78 is 38.6. The summed E-state index contributed by atoms with van der Waals surface area (Å²) in [5.41, 5.74) is 1.76. The van der Waals surface area contributed by atoms with Crippen LogP contribution in [0, 0.1) is 5.92 Å². The molecule has 0 bridgehead atoms. The molecule has 26 heavy (non-hydrogen) atoms. The summed E-state index contributed by atoms with van der Waals surface area (Å²) in [4.78, 5) is 13.6. The van der Waals surface area contributed by atoms with Crippen molar-refractivity contribution in [1.82, 2.24) is 19.9 Å². The van der Waals surface area contributed by atoms with E-state index in [4.69, 9.17) is 0 Å². The van der Waals surface area contributed by atoms with E-state index >= 15 is 0 Å². The third kappa shape index (κ3) is 5.06. The molecule has 5 nitrogen and oxygen atoms in total. The molecule has 1 saturated heterocycles. The van der Waals surface area contributed by atoms with Crippen molar-refractivity contribution in [2.24, 2.45) is 5.92 Å². The first-order valence-electron chi connectivity index (χ1n) is 8.71. The molecule has 0 radical (unpaired) electrons. The summed E-state index contributed by atoms with van der Waals surface area (Å²) in [6.07, 6.45) is -2.25. The van der Waals surface area contributed by atoms with Crippen LogP contribution >= 0.6 is 0 Å².